The van der Waals surface area contributed by atoms with Crippen LogP contribution in [0.5, 0.6) is 0 Å². The Kier molecular flexibility index (Phi) is 6.70. The molecule has 7 aromatic carbocycles. The molecule has 0 saturated carbocycles. The van der Waals surface area contributed by atoms with Gasteiger partial charge in [-0.3, -0.25) is 0 Å². The van der Waals surface area contributed by atoms with Crippen LogP contribution in [0, 0.1) is 34.9 Å². The highest BCUT2D eigenvalue weighted by Gasteiger charge is 2.33. The molecule has 0 spiro atoms. The summed E-state index contributed by atoms with van der Waals surface area (Å²) in [5.41, 5.74) is 3.56. The van der Waals surface area contributed by atoms with Gasteiger partial charge in [0.25, 0.3) is 0 Å². The van der Waals surface area contributed by atoms with Gasteiger partial charge in [-0.25, -0.2) is 26.3 Å². The summed E-state index contributed by atoms with van der Waals surface area (Å²) in [4.78, 5) is 0. The molecule has 0 radical (unpaired) electrons. The summed E-state index contributed by atoms with van der Waals surface area (Å²) in [6.45, 7) is 0. The Bertz CT molecular complexity index is 2200. The number of benzene rings is 7. The van der Waals surface area contributed by atoms with Crippen LogP contribution in [-0.2, 0) is 0 Å². The fourth-order valence-electron chi connectivity index (χ4n) is 6.09. The van der Waals surface area contributed by atoms with E-state index >= 15 is 22.0 Å². The second-order valence-electron chi connectivity index (χ2n) is 10.3. The van der Waals surface area contributed by atoms with Gasteiger partial charge in [0.05, 0.1) is 5.39 Å². The van der Waals surface area contributed by atoms with Crippen molar-refractivity contribution in [2.24, 2.45) is 0 Å². The van der Waals surface area contributed by atoms with Crippen molar-refractivity contribution < 1.29 is 26.3 Å². The first-order valence-electron chi connectivity index (χ1n) is 13.8. The second-order valence-corrected chi connectivity index (χ2v) is 10.3. The maximum Gasteiger partial charge on any atom is 0.198 e. The lowest BCUT2D eigenvalue weighted by atomic mass is 9.77. The molecule has 0 bridgehead atoms. The summed E-state index contributed by atoms with van der Waals surface area (Å²) < 4.78 is 93.6. The minimum absolute atomic E-state index is 0.188. The van der Waals surface area contributed by atoms with Crippen molar-refractivity contribution in [3.63, 3.8) is 0 Å². The summed E-state index contributed by atoms with van der Waals surface area (Å²) in [5, 5.41) is -2.85. The molecule has 0 amide bonds. The summed E-state index contributed by atoms with van der Waals surface area (Å²) in [6, 6.07) is 35.2. The first-order valence-corrected chi connectivity index (χ1v) is 13.8. The predicted octanol–water partition coefficient (Wildman–Crippen LogP) is 11.5. The Morgan fingerprint density at radius 3 is 0.886 bits per heavy atom. The minimum atomic E-state index is -2.22. The molecule has 7 aromatic rings. The molecule has 0 aliphatic carbocycles. The molecule has 0 heterocycles. The summed E-state index contributed by atoms with van der Waals surface area (Å²) in [5.74, 6) is -11.5. The van der Waals surface area contributed by atoms with Crippen LogP contribution in [0.4, 0.5) is 26.3 Å². The third-order valence-electron chi connectivity index (χ3n) is 7.90. The Balaban J connectivity index is 1.92. The molecule has 0 aromatic heterocycles. The Morgan fingerprint density at radius 2 is 0.500 bits per heavy atom. The van der Waals surface area contributed by atoms with Crippen LogP contribution in [0.2, 0.25) is 0 Å². The number of hydrogen-bond donors (Lipinski definition) is 0. The van der Waals surface area contributed by atoms with Gasteiger partial charge in [0, 0.05) is 21.7 Å². The fraction of sp³-hybridized carbons (Fsp3) is 0. The third-order valence-corrected chi connectivity index (χ3v) is 7.90. The van der Waals surface area contributed by atoms with E-state index in [0.29, 0.717) is 33.4 Å². The average molecular weight is 591 g/mol. The topological polar surface area (TPSA) is 0 Å². The number of hydrogen-bond acceptors (Lipinski definition) is 0. The van der Waals surface area contributed by atoms with Crippen molar-refractivity contribution in [3.8, 4) is 44.5 Å². The molecule has 44 heavy (non-hydrogen) atoms. The fourth-order valence-corrected chi connectivity index (χ4v) is 6.09. The molecule has 0 unspecified atom stereocenters. The predicted molar refractivity (Wildman–Crippen MR) is 163 cm³/mol. The molecule has 0 aliphatic heterocycles. The van der Waals surface area contributed by atoms with Crippen molar-refractivity contribution in [1.82, 2.24) is 0 Å². The van der Waals surface area contributed by atoms with Crippen LogP contribution in [0.25, 0.3) is 66.1 Å². The van der Waals surface area contributed by atoms with E-state index in [0.717, 1.165) is 0 Å². The lowest BCUT2D eigenvalue weighted by Crippen LogP contribution is -2.06. The zero-order chi connectivity index (χ0) is 30.5. The van der Waals surface area contributed by atoms with Crippen molar-refractivity contribution in [2.75, 3.05) is 0 Å². The molecule has 0 atom stereocenters. The van der Waals surface area contributed by atoms with Crippen LogP contribution in [0.15, 0.2) is 121 Å². The molecule has 0 saturated heterocycles. The monoisotopic (exact) mass is 590 g/mol. The minimum Gasteiger partial charge on any atom is -0.203 e. The number of halogens is 6. The van der Waals surface area contributed by atoms with Gasteiger partial charge >= 0.3 is 0 Å². The molecule has 0 fully saturated rings. The lowest BCUT2D eigenvalue weighted by molar-refractivity contribution is 0.415. The van der Waals surface area contributed by atoms with Crippen LogP contribution in [0.1, 0.15) is 0 Å². The molecule has 0 nitrogen and oxygen atoms in total. The van der Waals surface area contributed by atoms with Gasteiger partial charge in [0.15, 0.2) is 34.9 Å². The molecule has 0 aliphatic rings. The third kappa shape index (κ3) is 4.09. The van der Waals surface area contributed by atoms with Crippen molar-refractivity contribution in [3.05, 3.63) is 156 Å². The molecule has 214 valence electrons. The number of rotatable bonds is 4. The van der Waals surface area contributed by atoms with E-state index in [1.807, 2.05) is 36.4 Å². The smallest absolute Gasteiger partial charge is 0.198 e. The van der Waals surface area contributed by atoms with E-state index in [9.17, 15) is 4.39 Å². The zero-order valence-corrected chi connectivity index (χ0v) is 22.8. The van der Waals surface area contributed by atoms with Gasteiger partial charge in [-0.1, -0.05) is 121 Å². The van der Waals surface area contributed by atoms with E-state index in [2.05, 4.69) is 0 Å². The van der Waals surface area contributed by atoms with Crippen molar-refractivity contribution in [1.29, 1.82) is 0 Å². The quantitative estimate of drug-likeness (QED) is 0.0828. The van der Waals surface area contributed by atoms with E-state index in [1.54, 1.807) is 84.9 Å². The highest BCUT2D eigenvalue weighted by Crippen LogP contribution is 2.54. The summed E-state index contributed by atoms with van der Waals surface area (Å²) in [6.07, 6.45) is 0. The normalized spacial score (nSPS) is 11.4. The van der Waals surface area contributed by atoms with Gasteiger partial charge in [-0.15, -0.1) is 0 Å². The lowest BCUT2D eigenvalue weighted by Gasteiger charge is -2.26. The maximum atomic E-state index is 16.7. The average Bonchev–Trinajstić information content (AvgIpc) is 3.08. The van der Waals surface area contributed by atoms with Crippen molar-refractivity contribution >= 4 is 21.5 Å². The van der Waals surface area contributed by atoms with Crippen LogP contribution < -0.4 is 0 Å². The van der Waals surface area contributed by atoms with Gasteiger partial charge in [0.2, 0.25) is 0 Å². The van der Waals surface area contributed by atoms with Gasteiger partial charge in [0.1, 0.15) is 0 Å². The van der Waals surface area contributed by atoms with E-state index in [1.165, 1.54) is 0 Å². The molecular weight excluding hydrogens is 570 g/mol. The Labute approximate surface area is 248 Å². The largest absolute Gasteiger partial charge is 0.203 e. The van der Waals surface area contributed by atoms with Crippen molar-refractivity contribution in [2.45, 2.75) is 0 Å². The zero-order valence-electron chi connectivity index (χ0n) is 22.8. The Hall–Kier alpha value is -5.36. The standard InChI is InChI=1S/C38H20F6/c39-33-30-28(24-19-11-4-12-20-24)26(22-15-7-2-8-16-22)25(21-13-5-1-6-14-21)27(23-17-9-3-10-18-23)29(30)31-32(35(33)41)36(42)38(44)37(43)34(31)40/h1-20H. The van der Waals surface area contributed by atoms with E-state index < -0.39 is 45.7 Å². The molecule has 7 rings (SSSR count). The van der Waals surface area contributed by atoms with E-state index in [4.69, 9.17) is 0 Å². The molecular formula is C38H20F6. The first-order chi connectivity index (χ1) is 21.4. The highest BCUT2D eigenvalue weighted by atomic mass is 19.2. The van der Waals surface area contributed by atoms with E-state index in [-0.39, 0.29) is 21.9 Å². The second kappa shape index (κ2) is 10.7. The highest BCUT2D eigenvalue weighted by molar-refractivity contribution is 6.26. The van der Waals surface area contributed by atoms with Gasteiger partial charge in [-0.2, -0.15) is 0 Å². The number of fused-ring (bicyclic) bond motifs is 3. The summed E-state index contributed by atoms with van der Waals surface area (Å²) >= 11 is 0. The maximum absolute atomic E-state index is 16.7. The van der Waals surface area contributed by atoms with Crippen LogP contribution >= 0.6 is 0 Å². The van der Waals surface area contributed by atoms with Crippen LogP contribution in [-0.4, -0.2) is 0 Å². The van der Waals surface area contributed by atoms with Gasteiger partial charge < -0.3 is 0 Å². The molecule has 0 N–H and O–H groups in total. The van der Waals surface area contributed by atoms with Crippen LogP contribution in [0.3, 0.4) is 0 Å². The Morgan fingerprint density at radius 1 is 0.227 bits per heavy atom. The molecule has 6 heteroatoms. The SMILES string of the molecule is Fc1c(F)c(F)c2c(c1F)c(F)c(F)c1c(-c3ccccc3)c(-c3ccccc3)c(-c3ccccc3)c(-c3ccccc3)c12. The van der Waals surface area contributed by atoms with Gasteiger partial charge in [-0.05, 0) is 38.9 Å². The first kappa shape index (κ1) is 27.5. The summed E-state index contributed by atoms with van der Waals surface area (Å²) in [7, 11) is 0.